The van der Waals surface area contributed by atoms with Crippen molar-refractivity contribution in [3.8, 4) is 11.7 Å². The largest absolute Gasteiger partial charge is 0.480 e. The van der Waals surface area contributed by atoms with Crippen molar-refractivity contribution in [2.75, 3.05) is 12.4 Å². The molecule has 0 fully saturated rings. The van der Waals surface area contributed by atoms with Crippen molar-refractivity contribution >= 4 is 23.4 Å². The predicted molar refractivity (Wildman–Crippen MR) is 112 cm³/mol. The van der Waals surface area contributed by atoms with Crippen LogP contribution in [0.3, 0.4) is 0 Å². The summed E-state index contributed by atoms with van der Waals surface area (Å²) < 4.78 is 48.7. The number of aromatic nitrogens is 6. The topological polar surface area (TPSA) is 99.8 Å². The summed E-state index contributed by atoms with van der Waals surface area (Å²) >= 11 is 1.41. The zero-order valence-electron chi connectivity index (χ0n) is 17.2. The van der Waals surface area contributed by atoms with Gasteiger partial charge < -0.3 is 14.6 Å². The van der Waals surface area contributed by atoms with Crippen LogP contribution in [0, 0.1) is 0 Å². The molecule has 0 radical (unpaired) electrons. The van der Waals surface area contributed by atoms with Crippen LogP contribution < -0.4 is 10.1 Å². The molecule has 0 aliphatic heterocycles. The number of carbonyl (C=O) groups excluding carboxylic acids is 1. The first kappa shape index (κ1) is 22.3. The average molecular weight is 475 g/mol. The summed E-state index contributed by atoms with van der Waals surface area (Å²) in [6, 6.07) is 9.25. The summed E-state index contributed by atoms with van der Waals surface area (Å²) in [5.74, 6) is -1.04. The van der Waals surface area contributed by atoms with E-state index >= 15 is 0 Å². The number of alkyl halides is 3. The van der Waals surface area contributed by atoms with Crippen molar-refractivity contribution in [1.29, 1.82) is 0 Å². The lowest BCUT2D eigenvalue weighted by atomic mass is 10.2. The van der Waals surface area contributed by atoms with E-state index in [4.69, 9.17) is 4.74 Å². The number of ether oxygens (including phenoxy) is 1. The van der Waals surface area contributed by atoms with E-state index in [2.05, 4.69) is 25.6 Å². The van der Waals surface area contributed by atoms with Crippen molar-refractivity contribution in [2.45, 2.75) is 16.2 Å². The Kier molecular flexibility index (Phi) is 6.05. The smallest absolute Gasteiger partial charge is 0.434 e. The van der Waals surface area contributed by atoms with E-state index in [0.717, 1.165) is 16.2 Å². The summed E-state index contributed by atoms with van der Waals surface area (Å²) in [6.07, 6.45) is -0.539. The summed E-state index contributed by atoms with van der Waals surface area (Å²) in [7, 11) is 3.21. The first-order valence-corrected chi connectivity index (χ1v) is 10.2. The van der Waals surface area contributed by atoms with Crippen LogP contribution in [0.1, 0.15) is 16.1 Å². The predicted octanol–water partition coefficient (Wildman–Crippen LogP) is 3.83. The molecule has 1 aromatic carbocycles. The highest BCUT2D eigenvalue weighted by Gasteiger charge is 2.41. The van der Waals surface area contributed by atoms with Crippen LogP contribution in [0.25, 0.3) is 5.82 Å². The molecule has 3 aromatic heterocycles. The van der Waals surface area contributed by atoms with Gasteiger partial charge in [0.1, 0.15) is 0 Å². The molecular formula is C20H16F3N7O2S. The number of benzene rings is 1. The Balaban J connectivity index is 1.56. The minimum absolute atomic E-state index is 0.127. The van der Waals surface area contributed by atoms with Gasteiger partial charge in [0.05, 0.1) is 18.9 Å². The molecule has 3 heterocycles. The molecule has 0 saturated carbocycles. The number of hydrogen-bond acceptors (Lipinski definition) is 7. The molecule has 0 aliphatic rings. The van der Waals surface area contributed by atoms with Gasteiger partial charge in [0.2, 0.25) is 5.88 Å². The highest BCUT2D eigenvalue weighted by atomic mass is 32.2. The van der Waals surface area contributed by atoms with Gasteiger partial charge in [0.15, 0.2) is 16.7 Å². The number of imidazole rings is 1. The van der Waals surface area contributed by atoms with Crippen molar-refractivity contribution in [3.63, 3.8) is 0 Å². The van der Waals surface area contributed by atoms with Crippen LogP contribution in [0.15, 0.2) is 65.0 Å². The highest BCUT2D eigenvalue weighted by Crippen LogP contribution is 2.34. The molecular weight excluding hydrogens is 459 g/mol. The van der Waals surface area contributed by atoms with Gasteiger partial charge in [-0.15, -0.1) is 10.2 Å². The molecule has 33 heavy (non-hydrogen) atoms. The van der Waals surface area contributed by atoms with Crippen molar-refractivity contribution < 1.29 is 22.7 Å². The standard InChI is InChI=1S/C20H16F3N7O2S/c1-29-10-9-24-19(29)33-13-5-3-12(4-6-13)26-18(31)14-11-25-30(17(14)20(21,22)23)15-7-8-16(32-2)28-27-15/h3-11H,1-2H3,(H,26,31). The monoisotopic (exact) mass is 475 g/mol. The molecule has 4 rings (SSSR count). The van der Waals surface area contributed by atoms with E-state index in [-0.39, 0.29) is 11.7 Å². The molecule has 13 heteroatoms. The van der Waals surface area contributed by atoms with Gasteiger partial charge in [0, 0.05) is 36.1 Å². The minimum Gasteiger partial charge on any atom is -0.480 e. The average Bonchev–Trinajstić information content (AvgIpc) is 3.42. The SMILES string of the molecule is COc1ccc(-n2ncc(C(=O)Nc3ccc(Sc4nccn4C)cc3)c2C(F)(F)F)nn1. The molecule has 0 bridgehead atoms. The Morgan fingerprint density at radius 2 is 1.88 bits per heavy atom. The number of carbonyl (C=O) groups is 1. The highest BCUT2D eigenvalue weighted by molar-refractivity contribution is 7.99. The van der Waals surface area contributed by atoms with Crippen LogP contribution in [-0.2, 0) is 13.2 Å². The third-order valence-electron chi connectivity index (χ3n) is 4.43. The number of methoxy groups -OCH3 is 1. The minimum atomic E-state index is -4.87. The molecule has 0 unspecified atom stereocenters. The molecule has 9 nitrogen and oxygen atoms in total. The van der Waals surface area contributed by atoms with Crippen LogP contribution >= 0.6 is 11.8 Å². The van der Waals surface area contributed by atoms with Gasteiger partial charge in [-0.25, -0.2) is 9.67 Å². The Labute approximate surface area is 189 Å². The number of nitrogens with zero attached hydrogens (tertiary/aromatic N) is 6. The van der Waals surface area contributed by atoms with E-state index in [9.17, 15) is 18.0 Å². The van der Waals surface area contributed by atoms with Gasteiger partial charge in [-0.2, -0.15) is 18.3 Å². The van der Waals surface area contributed by atoms with Crippen LogP contribution in [0.2, 0.25) is 0 Å². The lowest BCUT2D eigenvalue weighted by molar-refractivity contribution is -0.143. The van der Waals surface area contributed by atoms with E-state index in [1.54, 1.807) is 30.5 Å². The van der Waals surface area contributed by atoms with Gasteiger partial charge in [-0.1, -0.05) is 11.8 Å². The molecule has 1 amide bonds. The fraction of sp³-hybridized carbons (Fsp3) is 0.150. The second kappa shape index (κ2) is 8.94. The van der Waals surface area contributed by atoms with Crippen LogP contribution in [-0.4, -0.2) is 42.5 Å². The Morgan fingerprint density at radius 3 is 2.45 bits per heavy atom. The van der Waals surface area contributed by atoms with Crippen molar-refractivity contribution in [1.82, 2.24) is 29.5 Å². The zero-order valence-corrected chi connectivity index (χ0v) is 18.1. The third kappa shape index (κ3) is 4.82. The molecule has 0 atom stereocenters. The Morgan fingerprint density at radius 1 is 1.12 bits per heavy atom. The van der Waals surface area contributed by atoms with Gasteiger partial charge >= 0.3 is 6.18 Å². The maximum Gasteiger partial charge on any atom is 0.434 e. The molecule has 1 N–H and O–H groups in total. The van der Waals surface area contributed by atoms with E-state index in [1.165, 1.54) is 31.0 Å². The van der Waals surface area contributed by atoms with Gasteiger partial charge in [-0.05, 0) is 30.3 Å². The number of anilines is 1. The molecule has 0 saturated heterocycles. The molecule has 0 aliphatic carbocycles. The zero-order chi connectivity index (χ0) is 23.6. The number of amides is 1. The second-order valence-corrected chi connectivity index (χ2v) is 7.69. The second-order valence-electron chi connectivity index (χ2n) is 6.65. The summed E-state index contributed by atoms with van der Waals surface area (Å²) in [6.45, 7) is 0. The fourth-order valence-electron chi connectivity index (χ4n) is 2.86. The number of hydrogen-bond donors (Lipinski definition) is 1. The first-order valence-electron chi connectivity index (χ1n) is 9.36. The summed E-state index contributed by atoms with van der Waals surface area (Å²) in [4.78, 5) is 17.7. The summed E-state index contributed by atoms with van der Waals surface area (Å²) in [5, 5.41) is 14.3. The Bertz CT molecular complexity index is 1270. The maximum absolute atomic E-state index is 13.8. The quantitative estimate of drug-likeness (QED) is 0.453. The lowest BCUT2D eigenvalue weighted by Crippen LogP contribution is -2.21. The van der Waals surface area contributed by atoms with Crippen molar-refractivity contribution in [3.05, 3.63) is 66.2 Å². The first-order chi connectivity index (χ1) is 15.8. The summed E-state index contributed by atoms with van der Waals surface area (Å²) in [5.41, 5.74) is -1.58. The number of halogens is 3. The lowest BCUT2D eigenvalue weighted by Gasteiger charge is -2.12. The molecule has 4 aromatic rings. The van der Waals surface area contributed by atoms with Crippen LogP contribution in [0.4, 0.5) is 18.9 Å². The van der Waals surface area contributed by atoms with E-state index < -0.39 is 23.3 Å². The van der Waals surface area contributed by atoms with E-state index in [1.807, 2.05) is 17.8 Å². The molecule has 170 valence electrons. The fourth-order valence-corrected chi connectivity index (χ4v) is 3.66. The van der Waals surface area contributed by atoms with Gasteiger partial charge in [-0.3, -0.25) is 4.79 Å². The number of aryl methyl sites for hydroxylation is 1. The van der Waals surface area contributed by atoms with E-state index in [0.29, 0.717) is 10.4 Å². The number of nitrogens with one attached hydrogen (secondary N) is 1. The van der Waals surface area contributed by atoms with Gasteiger partial charge in [0.25, 0.3) is 5.91 Å². The molecule has 0 spiro atoms. The Hall–Kier alpha value is -3.87. The van der Waals surface area contributed by atoms with Crippen LogP contribution in [0.5, 0.6) is 5.88 Å². The third-order valence-corrected chi connectivity index (χ3v) is 5.52. The van der Waals surface area contributed by atoms with Crippen molar-refractivity contribution in [2.24, 2.45) is 7.05 Å². The normalized spacial score (nSPS) is 11.4. The maximum atomic E-state index is 13.8. The number of rotatable bonds is 6.